The van der Waals surface area contributed by atoms with E-state index in [1.165, 1.54) is 24.0 Å². The number of anilines is 2. The fourth-order valence-electron chi connectivity index (χ4n) is 2.82. The molecule has 2 aliphatic heterocycles. The average molecular weight is 421 g/mol. The minimum absolute atomic E-state index is 0.0432. The first kappa shape index (κ1) is 20.9. The van der Waals surface area contributed by atoms with E-state index in [1.807, 2.05) is 0 Å². The van der Waals surface area contributed by atoms with E-state index in [9.17, 15) is 18.8 Å². The second-order valence-electron chi connectivity index (χ2n) is 5.62. The van der Waals surface area contributed by atoms with E-state index in [0.29, 0.717) is 17.7 Å². The molecule has 0 N–H and O–H groups in total. The highest BCUT2D eigenvalue weighted by molar-refractivity contribution is 6.93. The molecule has 11 heteroatoms. The van der Waals surface area contributed by atoms with Crippen LogP contribution in [-0.4, -0.2) is 49.5 Å². The van der Waals surface area contributed by atoms with Crippen molar-refractivity contribution < 1.29 is 33.0 Å². The lowest BCUT2D eigenvalue weighted by molar-refractivity contribution is -0.148. The quantitative estimate of drug-likeness (QED) is 0.539. The standard InChI is InChI=1S/C15H15FN2O5.CCl2O/c1-17-12(19)4-3-8-5-9(6-10(16)13(8)17)18-7-11(14(20)22-2)23-15(18)21;2-1(3)4/h5-6,11H,3-4,7H2,1-2H3;/t11-;/m1./s1. The van der Waals surface area contributed by atoms with Gasteiger partial charge in [-0.05, 0) is 47.3 Å². The molecule has 0 saturated carbocycles. The zero-order valence-electron chi connectivity index (χ0n) is 14.3. The highest BCUT2D eigenvalue weighted by atomic mass is 35.5. The maximum absolute atomic E-state index is 14.4. The van der Waals surface area contributed by atoms with Gasteiger partial charge in [-0.3, -0.25) is 14.5 Å². The van der Waals surface area contributed by atoms with Gasteiger partial charge >= 0.3 is 16.8 Å². The summed E-state index contributed by atoms with van der Waals surface area (Å²) in [5.41, 5.74) is 1.15. The largest absolute Gasteiger partial charge is 0.466 e. The summed E-state index contributed by atoms with van der Waals surface area (Å²) < 4.78 is 23.0. The average Bonchev–Trinajstić information content (AvgIpc) is 2.98. The van der Waals surface area contributed by atoms with Crippen LogP contribution in [-0.2, 0) is 25.5 Å². The predicted octanol–water partition coefficient (Wildman–Crippen LogP) is 2.82. The zero-order chi connectivity index (χ0) is 20.3. The van der Waals surface area contributed by atoms with Crippen molar-refractivity contribution in [3.05, 3.63) is 23.5 Å². The molecular weight excluding hydrogens is 406 g/mol. The van der Waals surface area contributed by atoms with Crippen molar-refractivity contribution in [2.75, 3.05) is 30.5 Å². The molecule has 146 valence electrons. The van der Waals surface area contributed by atoms with Crippen molar-refractivity contribution in [2.45, 2.75) is 18.9 Å². The molecule has 27 heavy (non-hydrogen) atoms. The number of hydrogen-bond acceptors (Lipinski definition) is 6. The number of halogens is 3. The molecule has 0 bridgehead atoms. The van der Waals surface area contributed by atoms with Crippen LogP contribution in [0.1, 0.15) is 12.0 Å². The molecule has 1 saturated heterocycles. The van der Waals surface area contributed by atoms with Crippen LogP contribution in [0.5, 0.6) is 0 Å². The Hall–Kier alpha value is -2.39. The predicted molar refractivity (Wildman–Crippen MR) is 94.9 cm³/mol. The lowest BCUT2D eigenvalue weighted by atomic mass is 10.00. The van der Waals surface area contributed by atoms with Crippen molar-refractivity contribution in [1.82, 2.24) is 0 Å². The van der Waals surface area contributed by atoms with Gasteiger partial charge in [0.15, 0.2) is 0 Å². The van der Waals surface area contributed by atoms with Crippen LogP contribution in [0.2, 0.25) is 0 Å². The summed E-state index contributed by atoms with van der Waals surface area (Å²) >= 11 is 8.80. The third-order valence-electron chi connectivity index (χ3n) is 4.03. The molecule has 0 aromatic heterocycles. The number of ether oxygens (including phenoxy) is 2. The summed E-state index contributed by atoms with van der Waals surface area (Å²) in [6.07, 6.45) is -1.09. The number of fused-ring (bicyclic) bond motifs is 1. The molecule has 0 radical (unpaired) electrons. The molecule has 2 amide bonds. The van der Waals surface area contributed by atoms with Gasteiger partial charge < -0.3 is 14.4 Å². The van der Waals surface area contributed by atoms with Crippen LogP contribution < -0.4 is 9.80 Å². The summed E-state index contributed by atoms with van der Waals surface area (Å²) in [7, 11) is 2.71. The normalized spacial score (nSPS) is 18.3. The second-order valence-corrected chi connectivity index (χ2v) is 6.50. The second kappa shape index (κ2) is 8.53. The first-order valence-electron chi connectivity index (χ1n) is 7.65. The molecule has 0 unspecified atom stereocenters. The third-order valence-corrected chi connectivity index (χ3v) is 4.03. The molecule has 1 aromatic carbocycles. The molecule has 1 fully saturated rings. The number of nitrogens with zero attached hydrogens (tertiary/aromatic N) is 2. The molecular formula is C16H15Cl2FN2O6. The van der Waals surface area contributed by atoms with Crippen molar-refractivity contribution in [1.29, 1.82) is 0 Å². The summed E-state index contributed by atoms with van der Waals surface area (Å²) in [6, 6.07) is 2.80. The molecule has 8 nitrogen and oxygen atoms in total. The Bertz CT molecular complexity index is 799. The summed E-state index contributed by atoms with van der Waals surface area (Å²) in [5, 5.41) is 0. The van der Waals surface area contributed by atoms with Gasteiger partial charge in [0.2, 0.25) is 12.0 Å². The fourth-order valence-corrected chi connectivity index (χ4v) is 2.82. The van der Waals surface area contributed by atoms with E-state index < -0.39 is 28.7 Å². The van der Waals surface area contributed by atoms with Crippen LogP contribution in [0.15, 0.2) is 12.1 Å². The Balaban J connectivity index is 0.000000596. The number of amides is 2. The number of cyclic esters (lactones) is 1. The smallest absolute Gasteiger partial charge is 0.415 e. The van der Waals surface area contributed by atoms with Crippen molar-refractivity contribution in [3.63, 3.8) is 0 Å². The number of rotatable bonds is 2. The Morgan fingerprint density at radius 3 is 2.48 bits per heavy atom. The summed E-state index contributed by atoms with van der Waals surface area (Å²) in [6.45, 7) is -0.0432. The van der Waals surface area contributed by atoms with Crippen LogP contribution in [0.4, 0.5) is 25.4 Å². The van der Waals surface area contributed by atoms with Gasteiger partial charge in [-0.1, -0.05) is 0 Å². The van der Waals surface area contributed by atoms with Crippen LogP contribution in [0.3, 0.4) is 0 Å². The van der Waals surface area contributed by atoms with E-state index >= 15 is 0 Å². The Morgan fingerprint density at radius 1 is 1.26 bits per heavy atom. The van der Waals surface area contributed by atoms with Crippen LogP contribution in [0, 0.1) is 5.82 Å². The van der Waals surface area contributed by atoms with Gasteiger partial charge in [-0.15, -0.1) is 0 Å². The lowest BCUT2D eigenvalue weighted by Crippen LogP contribution is -2.33. The highest BCUT2D eigenvalue weighted by Gasteiger charge is 2.38. The summed E-state index contributed by atoms with van der Waals surface area (Å²) in [4.78, 5) is 46.5. The minimum atomic E-state index is -1.03. The Kier molecular flexibility index (Phi) is 6.61. The van der Waals surface area contributed by atoms with Gasteiger partial charge in [0, 0.05) is 13.5 Å². The zero-order valence-corrected chi connectivity index (χ0v) is 15.8. The molecule has 1 atom stereocenters. The van der Waals surface area contributed by atoms with Crippen molar-refractivity contribution in [3.8, 4) is 0 Å². The van der Waals surface area contributed by atoms with Gasteiger partial charge in [-0.2, -0.15) is 0 Å². The number of esters is 1. The fraction of sp³-hybridized carbons (Fsp3) is 0.375. The highest BCUT2D eigenvalue weighted by Crippen LogP contribution is 2.35. The molecule has 2 aliphatic rings. The van der Waals surface area contributed by atoms with Gasteiger partial charge in [-0.25, -0.2) is 14.0 Å². The summed E-state index contributed by atoms with van der Waals surface area (Å²) in [5.74, 6) is -1.41. The molecule has 3 rings (SSSR count). The number of aryl methyl sites for hydroxylation is 1. The molecule has 1 aromatic rings. The monoisotopic (exact) mass is 420 g/mol. The van der Waals surface area contributed by atoms with Gasteiger partial charge in [0.25, 0.3) is 0 Å². The van der Waals surface area contributed by atoms with E-state index in [1.54, 1.807) is 6.07 Å². The lowest BCUT2D eigenvalue weighted by Gasteiger charge is -2.27. The first-order valence-corrected chi connectivity index (χ1v) is 8.41. The van der Waals surface area contributed by atoms with Crippen molar-refractivity contribution >= 4 is 57.2 Å². The van der Waals surface area contributed by atoms with Gasteiger partial charge in [0.05, 0.1) is 25.0 Å². The SMILES string of the molecule is COC(=O)[C@H]1CN(c2cc(F)c3c(c2)CCC(=O)N3C)C(=O)O1.O=C(Cl)Cl. The van der Waals surface area contributed by atoms with Gasteiger partial charge in [0.1, 0.15) is 5.82 Å². The molecule has 0 aliphatic carbocycles. The number of hydrogen-bond donors (Lipinski definition) is 0. The Labute approximate surface area is 163 Å². The first-order chi connectivity index (χ1) is 12.6. The van der Waals surface area contributed by atoms with E-state index in [2.05, 4.69) is 27.9 Å². The third kappa shape index (κ3) is 4.67. The Morgan fingerprint density at radius 2 is 1.89 bits per heavy atom. The molecule has 0 spiro atoms. The number of carbonyl (C=O) groups is 4. The van der Waals surface area contributed by atoms with Crippen LogP contribution in [0.25, 0.3) is 0 Å². The number of benzene rings is 1. The topological polar surface area (TPSA) is 93.2 Å². The maximum atomic E-state index is 14.4. The van der Waals surface area contributed by atoms with E-state index in [-0.39, 0.29) is 24.6 Å². The molecule has 2 heterocycles. The van der Waals surface area contributed by atoms with E-state index in [4.69, 9.17) is 9.53 Å². The van der Waals surface area contributed by atoms with Crippen LogP contribution >= 0.6 is 23.2 Å². The number of methoxy groups -OCH3 is 1. The van der Waals surface area contributed by atoms with E-state index in [0.717, 1.165) is 6.07 Å². The minimum Gasteiger partial charge on any atom is -0.466 e. The van der Waals surface area contributed by atoms with Crippen molar-refractivity contribution in [2.24, 2.45) is 0 Å². The number of carbonyl (C=O) groups excluding carboxylic acids is 4. The maximum Gasteiger partial charge on any atom is 0.415 e.